The van der Waals surface area contributed by atoms with Gasteiger partial charge in [-0.2, -0.15) is 4.98 Å². The number of piperazine rings is 1. The topological polar surface area (TPSA) is 44.3 Å². The van der Waals surface area contributed by atoms with E-state index in [0.717, 1.165) is 48.8 Å². The van der Waals surface area contributed by atoms with Gasteiger partial charge in [-0.15, -0.1) is 0 Å². The summed E-state index contributed by atoms with van der Waals surface area (Å²) < 4.78 is 0. The average Bonchev–Trinajstić information content (AvgIpc) is 2.72. The Labute approximate surface area is 171 Å². The number of anilines is 4. The van der Waals surface area contributed by atoms with Gasteiger partial charge in [-0.05, 0) is 49.2 Å². The van der Waals surface area contributed by atoms with Crippen LogP contribution >= 0.6 is 11.6 Å². The van der Waals surface area contributed by atoms with Gasteiger partial charge in [-0.25, -0.2) is 4.98 Å². The van der Waals surface area contributed by atoms with Gasteiger partial charge in [0.2, 0.25) is 5.95 Å². The van der Waals surface area contributed by atoms with Crippen LogP contribution in [0.4, 0.5) is 23.1 Å². The summed E-state index contributed by atoms with van der Waals surface area (Å²) in [6.45, 7) is 7.87. The average molecular weight is 394 g/mol. The van der Waals surface area contributed by atoms with E-state index in [-0.39, 0.29) is 0 Å². The number of halogens is 1. The van der Waals surface area contributed by atoms with Crippen molar-refractivity contribution in [1.29, 1.82) is 0 Å². The van der Waals surface area contributed by atoms with Crippen molar-refractivity contribution in [3.8, 4) is 0 Å². The first-order chi connectivity index (χ1) is 13.6. The van der Waals surface area contributed by atoms with E-state index in [0.29, 0.717) is 11.0 Å². The summed E-state index contributed by atoms with van der Waals surface area (Å²) in [5.74, 6) is 1.50. The quantitative estimate of drug-likeness (QED) is 0.688. The predicted octanol–water partition coefficient (Wildman–Crippen LogP) is 4.82. The highest BCUT2D eigenvalue weighted by atomic mass is 35.5. The SMILES string of the molecule is Cc1cc(C)c(Nc2nccc(N3CCN(c4ccccc4)CC3)n2)c(Cl)c1. The molecule has 2 aromatic carbocycles. The first kappa shape index (κ1) is 18.6. The molecular weight excluding hydrogens is 370 g/mol. The molecule has 4 rings (SSSR count). The third-order valence-corrected chi connectivity index (χ3v) is 5.33. The Morgan fingerprint density at radius 1 is 0.929 bits per heavy atom. The molecule has 144 valence electrons. The number of benzene rings is 2. The minimum Gasteiger partial charge on any atom is -0.368 e. The second-order valence-corrected chi connectivity index (χ2v) is 7.52. The standard InChI is InChI=1S/C22H24ClN5/c1-16-14-17(2)21(19(23)15-16)26-22-24-9-8-20(25-22)28-12-10-27(11-13-28)18-6-4-3-5-7-18/h3-9,14-15H,10-13H2,1-2H3,(H,24,25,26). The van der Waals surface area contributed by atoms with Crippen molar-refractivity contribution in [2.75, 3.05) is 41.3 Å². The number of hydrogen-bond donors (Lipinski definition) is 1. The lowest BCUT2D eigenvalue weighted by Crippen LogP contribution is -2.46. The summed E-state index contributed by atoms with van der Waals surface area (Å²) in [5.41, 5.74) is 4.35. The fraction of sp³-hybridized carbons (Fsp3) is 0.273. The van der Waals surface area contributed by atoms with Gasteiger partial charge in [0.05, 0.1) is 10.7 Å². The molecule has 1 fully saturated rings. The second kappa shape index (κ2) is 8.07. The molecule has 0 atom stereocenters. The number of nitrogens with one attached hydrogen (secondary N) is 1. The van der Waals surface area contributed by atoms with E-state index < -0.39 is 0 Å². The largest absolute Gasteiger partial charge is 0.368 e. The number of hydrogen-bond acceptors (Lipinski definition) is 5. The number of rotatable bonds is 4. The summed E-state index contributed by atoms with van der Waals surface area (Å²) in [6, 6.07) is 16.6. The van der Waals surface area contributed by atoms with Crippen LogP contribution in [-0.2, 0) is 0 Å². The summed E-state index contributed by atoms with van der Waals surface area (Å²) in [6.07, 6.45) is 1.80. The highest BCUT2D eigenvalue weighted by Gasteiger charge is 2.19. The fourth-order valence-electron chi connectivity index (χ4n) is 3.60. The van der Waals surface area contributed by atoms with E-state index in [2.05, 4.69) is 56.5 Å². The number of aromatic nitrogens is 2. The summed E-state index contributed by atoms with van der Waals surface area (Å²) in [4.78, 5) is 13.8. The lowest BCUT2D eigenvalue weighted by atomic mass is 10.1. The molecule has 6 heteroatoms. The minimum atomic E-state index is 0.567. The lowest BCUT2D eigenvalue weighted by molar-refractivity contribution is 0.647. The van der Waals surface area contributed by atoms with Gasteiger partial charge in [0.15, 0.2) is 0 Å². The maximum Gasteiger partial charge on any atom is 0.229 e. The zero-order valence-electron chi connectivity index (χ0n) is 16.2. The van der Waals surface area contributed by atoms with Gasteiger partial charge in [0.1, 0.15) is 5.82 Å². The smallest absolute Gasteiger partial charge is 0.229 e. The Bertz CT molecular complexity index is 929. The molecule has 0 saturated carbocycles. The molecule has 1 N–H and O–H groups in total. The van der Waals surface area contributed by atoms with Crippen molar-refractivity contribution in [3.63, 3.8) is 0 Å². The van der Waals surface area contributed by atoms with E-state index in [1.165, 1.54) is 5.69 Å². The van der Waals surface area contributed by atoms with Crippen LogP contribution in [0.5, 0.6) is 0 Å². The summed E-state index contributed by atoms with van der Waals surface area (Å²) in [5, 5.41) is 3.97. The molecule has 3 aromatic rings. The van der Waals surface area contributed by atoms with Crippen molar-refractivity contribution in [2.45, 2.75) is 13.8 Å². The third-order valence-electron chi connectivity index (χ3n) is 5.03. The van der Waals surface area contributed by atoms with Gasteiger partial charge in [0.25, 0.3) is 0 Å². The van der Waals surface area contributed by atoms with E-state index in [9.17, 15) is 0 Å². The first-order valence-electron chi connectivity index (χ1n) is 9.52. The van der Waals surface area contributed by atoms with Crippen LogP contribution in [-0.4, -0.2) is 36.1 Å². The van der Waals surface area contributed by atoms with Crippen LogP contribution in [0.2, 0.25) is 5.02 Å². The van der Waals surface area contributed by atoms with Gasteiger partial charge in [-0.3, -0.25) is 0 Å². The molecule has 2 heterocycles. The molecule has 0 bridgehead atoms. The van der Waals surface area contributed by atoms with Gasteiger partial charge < -0.3 is 15.1 Å². The van der Waals surface area contributed by atoms with Crippen LogP contribution in [0, 0.1) is 13.8 Å². The normalized spacial score (nSPS) is 14.2. The van der Waals surface area contributed by atoms with Crippen molar-refractivity contribution >= 4 is 34.7 Å². The van der Waals surface area contributed by atoms with Crippen LogP contribution < -0.4 is 15.1 Å². The Hall–Kier alpha value is -2.79. The maximum absolute atomic E-state index is 6.41. The van der Waals surface area contributed by atoms with Gasteiger partial charge in [0, 0.05) is 38.1 Å². The molecule has 28 heavy (non-hydrogen) atoms. The predicted molar refractivity (Wildman–Crippen MR) is 117 cm³/mol. The van der Waals surface area contributed by atoms with Gasteiger partial charge >= 0.3 is 0 Å². The molecule has 1 aromatic heterocycles. The lowest BCUT2D eigenvalue weighted by Gasteiger charge is -2.36. The molecule has 0 radical (unpaired) electrons. The Balaban J connectivity index is 1.46. The zero-order valence-corrected chi connectivity index (χ0v) is 16.9. The van der Waals surface area contributed by atoms with Gasteiger partial charge in [-0.1, -0.05) is 35.9 Å². The Kier molecular flexibility index (Phi) is 5.35. The minimum absolute atomic E-state index is 0.567. The van der Waals surface area contributed by atoms with Crippen LogP contribution in [0.3, 0.4) is 0 Å². The zero-order chi connectivity index (χ0) is 19.5. The first-order valence-corrected chi connectivity index (χ1v) is 9.90. The molecule has 1 aliphatic heterocycles. The maximum atomic E-state index is 6.41. The molecule has 0 amide bonds. The number of nitrogens with zero attached hydrogens (tertiary/aromatic N) is 4. The molecular formula is C22H24ClN5. The molecule has 0 aliphatic carbocycles. The summed E-state index contributed by atoms with van der Waals surface area (Å²) >= 11 is 6.41. The molecule has 1 saturated heterocycles. The number of aryl methyl sites for hydroxylation is 2. The van der Waals surface area contributed by atoms with Crippen LogP contribution in [0.15, 0.2) is 54.7 Å². The molecule has 5 nitrogen and oxygen atoms in total. The van der Waals surface area contributed by atoms with Crippen molar-refractivity contribution in [1.82, 2.24) is 9.97 Å². The Morgan fingerprint density at radius 2 is 1.64 bits per heavy atom. The van der Waals surface area contributed by atoms with E-state index in [1.54, 1.807) is 6.20 Å². The second-order valence-electron chi connectivity index (χ2n) is 7.11. The van der Waals surface area contributed by atoms with Crippen molar-refractivity contribution in [3.05, 3.63) is 70.9 Å². The van der Waals surface area contributed by atoms with Crippen molar-refractivity contribution < 1.29 is 0 Å². The third kappa shape index (κ3) is 4.04. The Morgan fingerprint density at radius 3 is 2.36 bits per heavy atom. The highest BCUT2D eigenvalue weighted by molar-refractivity contribution is 6.33. The highest BCUT2D eigenvalue weighted by Crippen LogP contribution is 2.29. The van der Waals surface area contributed by atoms with E-state index in [4.69, 9.17) is 16.6 Å². The fourth-order valence-corrected chi connectivity index (χ4v) is 3.97. The number of para-hydroxylation sites is 1. The molecule has 0 unspecified atom stereocenters. The summed E-state index contributed by atoms with van der Waals surface area (Å²) in [7, 11) is 0. The van der Waals surface area contributed by atoms with Crippen molar-refractivity contribution in [2.24, 2.45) is 0 Å². The van der Waals surface area contributed by atoms with E-state index in [1.807, 2.05) is 26.0 Å². The van der Waals surface area contributed by atoms with E-state index >= 15 is 0 Å². The van der Waals surface area contributed by atoms with Crippen LogP contribution in [0.25, 0.3) is 0 Å². The molecule has 0 spiro atoms. The monoisotopic (exact) mass is 393 g/mol. The van der Waals surface area contributed by atoms with Crippen LogP contribution in [0.1, 0.15) is 11.1 Å². The molecule has 1 aliphatic rings.